The van der Waals surface area contributed by atoms with Gasteiger partial charge in [0.2, 0.25) is 5.91 Å². The Morgan fingerprint density at radius 2 is 0.978 bits per heavy atom. The monoisotopic (exact) mass is 630 g/mol. The van der Waals surface area contributed by atoms with E-state index in [2.05, 4.69) is 55.6 Å². The molecule has 0 aromatic rings. The molecule has 0 aliphatic carbocycles. The van der Waals surface area contributed by atoms with Gasteiger partial charge in [-0.2, -0.15) is 0 Å². The Morgan fingerprint density at radius 3 is 1.47 bits per heavy atom. The van der Waals surface area contributed by atoms with Crippen LogP contribution in [0.25, 0.3) is 0 Å². The van der Waals surface area contributed by atoms with Crippen LogP contribution in [0.3, 0.4) is 0 Å². The number of hydrogen-bond acceptors (Lipinski definition) is 3. The molecule has 0 radical (unpaired) electrons. The van der Waals surface area contributed by atoms with Gasteiger partial charge in [0.05, 0.1) is 18.8 Å². The van der Waals surface area contributed by atoms with E-state index >= 15 is 0 Å². The van der Waals surface area contributed by atoms with Gasteiger partial charge in [0.25, 0.3) is 0 Å². The van der Waals surface area contributed by atoms with Gasteiger partial charge in [-0.3, -0.25) is 4.79 Å². The highest BCUT2D eigenvalue weighted by Crippen LogP contribution is 2.15. The third-order valence-corrected chi connectivity index (χ3v) is 8.57. The Morgan fingerprint density at radius 1 is 0.556 bits per heavy atom. The largest absolute Gasteiger partial charge is 0.394 e. The number of rotatable bonds is 34. The molecule has 4 heteroatoms. The van der Waals surface area contributed by atoms with Crippen molar-refractivity contribution in [2.75, 3.05) is 6.61 Å². The van der Waals surface area contributed by atoms with Gasteiger partial charge in [-0.05, 0) is 51.4 Å². The summed E-state index contributed by atoms with van der Waals surface area (Å²) in [6.45, 7) is 4.17. The van der Waals surface area contributed by atoms with Gasteiger partial charge in [-0.25, -0.2) is 0 Å². The number of allylic oxidation sites excluding steroid dienone is 7. The van der Waals surface area contributed by atoms with E-state index in [1.807, 2.05) is 6.08 Å². The zero-order chi connectivity index (χ0) is 32.9. The van der Waals surface area contributed by atoms with Gasteiger partial charge in [0.15, 0.2) is 0 Å². The summed E-state index contributed by atoms with van der Waals surface area (Å²) < 4.78 is 0. The first-order valence-electron chi connectivity index (χ1n) is 19.4. The van der Waals surface area contributed by atoms with Gasteiger partial charge in [0.1, 0.15) is 0 Å². The van der Waals surface area contributed by atoms with Gasteiger partial charge in [-0.1, -0.05) is 178 Å². The zero-order valence-corrected chi connectivity index (χ0v) is 29.9. The molecule has 0 aromatic carbocycles. The third-order valence-electron chi connectivity index (χ3n) is 8.57. The normalized spacial score (nSPS) is 13.6. The van der Waals surface area contributed by atoms with E-state index in [1.165, 1.54) is 109 Å². The molecule has 0 heterocycles. The van der Waals surface area contributed by atoms with Gasteiger partial charge in [0, 0.05) is 6.42 Å². The molecule has 0 rings (SSSR count). The van der Waals surface area contributed by atoms with Gasteiger partial charge in [-0.15, -0.1) is 0 Å². The molecule has 0 saturated heterocycles. The fourth-order valence-electron chi connectivity index (χ4n) is 5.60. The van der Waals surface area contributed by atoms with Crippen LogP contribution in [0.5, 0.6) is 0 Å². The minimum absolute atomic E-state index is 0.0946. The summed E-state index contributed by atoms with van der Waals surface area (Å²) in [4.78, 5) is 12.3. The van der Waals surface area contributed by atoms with Crippen LogP contribution in [0.1, 0.15) is 187 Å². The molecule has 0 aliphatic rings. The lowest BCUT2D eigenvalue weighted by Gasteiger charge is -2.19. The maximum atomic E-state index is 12.3. The Bertz CT molecular complexity index is 726. The molecule has 3 N–H and O–H groups in total. The second-order valence-corrected chi connectivity index (χ2v) is 13.0. The average Bonchev–Trinajstić information content (AvgIpc) is 3.04. The summed E-state index contributed by atoms with van der Waals surface area (Å²) in [5.74, 6) is -0.0946. The summed E-state index contributed by atoms with van der Waals surface area (Å²) in [7, 11) is 0. The zero-order valence-electron chi connectivity index (χ0n) is 29.9. The average molecular weight is 630 g/mol. The second kappa shape index (κ2) is 36.8. The summed E-state index contributed by atoms with van der Waals surface area (Å²) >= 11 is 0. The minimum atomic E-state index is -0.851. The van der Waals surface area contributed by atoms with Crippen LogP contribution in [0, 0.1) is 0 Å². The van der Waals surface area contributed by atoms with Crippen LogP contribution < -0.4 is 5.32 Å². The van der Waals surface area contributed by atoms with Crippen molar-refractivity contribution >= 4 is 5.91 Å². The van der Waals surface area contributed by atoms with Crippen LogP contribution >= 0.6 is 0 Å². The molecule has 0 fully saturated rings. The number of nitrogens with one attached hydrogen (secondary N) is 1. The predicted octanol–water partition coefficient (Wildman–Crippen LogP) is 11.6. The standard InChI is InChI=1S/C41H75NO3/c1-3-5-7-9-11-13-15-17-18-19-20-21-22-23-25-26-28-30-32-34-36-40(44)39(38-43)42-41(45)37-35-33-31-29-27-24-16-14-12-10-8-6-4-2/h6,8,12,14,24,27,34,36,39-40,43-44H,3-5,7,9-11,13,15-23,25-26,28-33,35,37-38H2,1-2H3,(H,42,45)/b8-6-,14-12-,27-24-,36-34+. The number of carbonyl (C=O) groups excluding carboxylic acids is 1. The first-order chi connectivity index (χ1) is 22.2. The topological polar surface area (TPSA) is 69.6 Å². The lowest BCUT2D eigenvalue weighted by atomic mass is 10.0. The van der Waals surface area contributed by atoms with Gasteiger partial charge >= 0.3 is 0 Å². The minimum Gasteiger partial charge on any atom is -0.394 e. The maximum absolute atomic E-state index is 12.3. The van der Waals surface area contributed by atoms with E-state index in [0.29, 0.717) is 6.42 Å². The SMILES string of the molecule is CC/C=C\C/C=C\C/C=C\CCCCCC(=O)NC(CO)C(O)/C=C/CCCCCCCCCCCCCCCCCCCC. The van der Waals surface area contributed by atoms with Crippen LogP contribution in [0.4, 0.5) is 0 Å². The first-order valence-corrected chi connectivity index (χ1v) is 19.4. The summed E-state index contributed by atoms with van der Waals surface area (Å²) in [5.41, 5.74) is 0. The summed E-state index contributed by atoms with van der Waals surface area (Å²) in [6.07, 6.45) is 49.2. The lowest BCUT2D eigenvalue weighted by Crippen LogP contribution is -2.45. The Labute approximate surface area is 280 Å². The van der Waals surface area contributed by atoms with E-state index < -0.39 is 12.1 Å². The fourth-order valence-corrected chi connectivity index (χ4v) is 5.60. The highest BCUT2D eigenvalue weighted by atomic mass is 16.3. The van der Waals surface area contributed by atoms with E-state index in [9.17, 15) is 15.0 Å². The van der Waals surface area contributed by atoms with E-state index in [-0.39, 0.29) is 12.5 Å². The van der Waals surface area contributed by atoms with Crippen molar-refractivity contribution in [3.05, 3.63) is 48.6 Å². The predicted molar refractivity (Wildman–Crippen MR) is 198 cm³/mol. The van der Waals surface area contributed by atoms with Crippen molar-refractivity contribution in [2.24, 2.45) is 0 Å². The van der Waals surface area contributed by atoms with Gasteiger partial charge < -0.3 is 15.5 Å². The number of amides is 1. The number of aliphatic hydroxyl groups is 2. The van der Waals surface area contributed by atoms with Crippen LogP contribution in [0.15, 0.2) is 48.6 Å². The molecule has 45 heavy (non-hydrogen) atoms. The molecule has 0 bridgehead atoms. The number of aliphatic hydroxyl groups excluding tert-OH is 2. The molecule has 4 nitrogen and oxygen atoms in total. The molecule has 0 aliphatic heterocycles. The Kier molecular flexibility index (Phi) is 35.5. The van der Waals surface area contributed by atoms with Crippen LogP contribution in [-0.4, -0.2) is 34.9 Å². The number of unbranched alkanes of at least 4 members (excludes halogenated alkanes) is 21. The maximum Gasteiger partial charge on any atom is 0.220 e. The van der Waals surface area contributed by atoms with Crippen LogP contribution in [0.2, 0.25) is 0 Å². The molecular weight excluding hydrogens is 554 g/mol. The lowest BCUT2D eigenvalue weighted by molar-refractivity contribution is -0.123. The van der Waals surface area contributed by atoms with E-state index in [1.54, 1.807) is 6.08 Å². The Hall–Kier alpha value is -1.65. The van der Waals surface area contributed by atoms with E-state index in [4.69, 9.17) is 0 Å². The van der Waals surface area contributed by atoms with Crippen molar-refractivity contribution in [3.63, 3.8) is 0 Å². The van der Waals surface area contributed by atoms with E-state index in [0.717, 1.165) is 57.8 Å². The smallest absolute Gasteiger partial charge is 0.220 e. The molecule has 2 unspecified atom stereocenters. The van der Waals surface area contributed by atoms with Crippen molar-refractivity contribution in [2.45, 2.75) is 199 Å². The summed E-state index contributed by atoms with van der Waals surface area (Å²) in [5, 5.41) is 22.9. The first kappa shape index (κ1) is 43.4. The van der Waals surface area contributed by atoms with Crippen molar-refractivity contribution in [3.8, 4) is 0 Å². The number of carbonyl (C=O) groups is 1. The highest BCUT2D eigenvalue weighted by molar-refractivity contribution is 5.76. The molecule has 2 atom stereocenters. The fraction of sp³-hybridized carbons (Fsp3) is 0.780. The molecule has 0 saturated carbocycles. The molecule has 1 amide bonds. The Balaban J connectivity index is 3.63. The summed E-state index contributed by atoms with van der Waals surface area (Å²) in [6, 6.07) is -0.637. The molecule has 262 valence electrons. The molecular formula is C41H75NO3. The second-order valence-electron chi connectivity index (χ2n) is 13.0. The van der Waals surface area contributed by atoms with Crippen LogP contribution in [-0.2, 0) is 4.79 Å². The van der Waals surface area contributed by atoms with Crippen molar-refractivity contribution in [1.82, 2.24) is 5.32 Å². The molecule has 0 spiro atoms. The van der Waals surface area contributed by atoms with Crippen molar-refractivity contribution in [1.29, 1.82) is 0 Å². The highest BCUT2D eigenvalue weighted by Gasteiger charge is 2.17. The van der Waals surface area contributed by atoms with Crippen molar-refractivity contribution < 1.29 is 15.0 Å². The number of hydrogen-bond donors (Lipinski definition) is 3. The molecule has 0 aromatic heterocycles. The third kappa shape index (κ3) is 33.5. The quantitative estimate of drug-likeness (QED) is 0.0490.